The molecule has 2 heterocycles. The van der Waals surface area contributed by atoms with Gasteiger partial charge in [0.1, 0.15) is 0 Å². The monoisotopic (exact) mass is 479 g/mol. The van der Waals surface area contributed by atoms with Crippen molar-refractivity contribution in [3.63, 3.8) is 0 Å². The number of carbonyl (C=O) groups excluding carboxylic acids is 3. The van der Waals surface area contributed by atoms with Crippen LogP contribution in [0.2, 0.25) is 0 Å². The van der Waals surface area contributed by atoms with Crippen molar-refractivity contribution in [2.45, 2.75) is 31.1 Å². The van der Waals surface area contributed by atoms with E-state index in [1.54, 1.807) is 4.90 Å². The van der Waals surface area contributed by atoms with E-state index in [4.69, 9.17) is 5.73 Å². The molecule has 1 unspecified atom stereocenters. The summed E-state index contributed by atoms with van der Waals surface area (Å²) in [5.74, 6) is -0.672. The highest BCUT2D eigenvalue weighted by molar-refractivity contribution is 7.89. The van der Waals surface area contributed by atoms with E-state index in [0.717, 1.165) is 32.4 Å². The summed E-state index contributed by atoms with van der Waals surface area (Å²) in [6.45, 7) is 5.57. The van der Waals surface area contributed by atoms with Gasteiger partial charge in [-0.15, -0.1) is 0 Å². The maximum absolute atomic E-state index is 12.9. The third-order valence-corrected chi connectivity index (χ3v) is 8.20. The van der Waals surface area contributed by atoms with Gasteiger partial charge in [-0.25, -0.2) is 8.42 Å². The molecule has 2 fully saturated rings. The fraction of sp³-hybridized carbons (Fsp3) is 0.591. The number of benzene rings is 1. The van der Waals surface area contributed by atoms with E-state index in [1.807, 2.05) is 0 Å². The maximum atomic E-state index is 12.9. The minimum Gasteiger partial charge on any atom is -0.369 e. The van der Waals surface area contributed by atoms with E-state index in [9.17, 15) is 22.8 Å². The number of piperidine rings is 1. The fourth-order valence-corrected chi connectivity index (χ4v) is 5.69. The molecule has 3 N–H and O–H groups in total. The van der Waals surface area contributed by atoms with Crippen LogP contribution < -0.4 is 11.1 Å². The van der Waals surface area contributed by atoms with E-state index in [0.29, 0.717) is 31.7 Å². The lowest BCUT2D eigenvalue weighted by Gasteiger charge is -2.33. The Bertz CT molecular complexity index is 958. The molecule has 1 aromatic carbocycles. The number of hydrogen-bond donors (Lipinski definition) is 2. The molecule has 0 aliphatic carbocycles. The Morgan fingerprint density at radius 3 is 2.33 bits per heavy atom. The zero-order valence-corrected chi connectivity index (χ0v) is 19.8. The van der Waals surface area contributed by atoms with Gasteiger partial charge in [-0.05, 0) is 56.6 Å². The second-order valence-electron chi connectivity index (χ2n) is 8.59. The van der Waals surface area contributed by atoms with Crippen LogP contribution in [0, 0.1) is 5.92 Å². The van der Waals surface area contributed by atoms with Crippen molar-refractivity contribution in [2.24, 2.45) is 11.7 Å². The lowest BCUT2D eigenvalue weighted by molar-refractivity contribution is -0.130. The van der Waals surface area contributed by atoms with E-state index in [-0.39, 0.29) is 41.6 Å². The van der Waals surface area contributed by atoms with Crippen LogP contribution in [-0.4, -0.2) is 92.6 Å². The highest BCUT2D eigenvalue weighted by atomic mass is 32.2. The van der Waals surface area contributed by atoms with Gasteiger partial charge < -0.3 is 20.9 Å². The number of carbonyl (C=O) groups is 3. The van der Waals surface area contributed by atoms with Crippen molar-refractivity contribution in [1.82, 2.24) is 19.4 Å². The molecule has 10 nitrogen and oxygen atoms in total. The van der Waals surface area contributed by atoms with Gasteiger partial charge in [0, 0.05) is 51.8 Å². The zero-order valence-electron chi connectivity index (χ0n) is 19.0. The lowest BCUT2D eigenvalue weighted by atomic mass is 9.97. The minimum absolute atomic E-state index is 0.0619. The predicted octanol–water partition coefficient (Wildman–Crippen LogP) is -0.143. The Morgan fingerprint density at radius 2 is 1.73 bits per heavy atom. The Hall–Kier alpha value is -2.50. The van der Waals surface area contributed by atoms with Gasteiger partial charge in [-0.1, -0.05) is 0 Å². The first-order valence-electron chi connectivity index (χ1n) is 11.3. The second kappa shape index (κ2) is 11.1. The number of primary amides is 1. The Kier molecular flexibility index (Phi) is 8.44. The minimum atomic E-state index is -3.67. The van der Waals surface area contributed by atoms with E-state index in [2.05, 4.69) is 10.2 Å². The number of nitrogens with zero attached hydrogens (tertiary/aromatic N) is 3. The molecule has 1 aromatic rings. The van der Waals surface area contributed by atoms with Crippen molar-refractivity contribution < 1.29 is 22.8 Å². The topological polar surface area (TPSA) is 133 Å². The summed E-state index contributed by atoms with van der Waals surface area (Å²) >= 11 is 0. The van der Waals surface area contributed by atoms with Crippen molar-refractivity contribution in [3.05, 3.63) is 29.8 Å². The zero-order chi connectivity index (χ0) is 24.0. The molecule has 182 valence electrons. The molecular weight excluding hydrogens is 446 g/mol. The summed E-state index contributed by atoms with van der Waals surface area (Å²) in [6, 6.07) is 5.91. The molecule has 0 spiro atoms. The Labute approximate surface area is 195 Å². The summed E-state index contributed by atoms with van der Waals surface area (Å²) in [4.78, 5) is 39.2. The van der Waals surface area contributed by atoms with Gasteiger partial charge in [0.2, 0.25) is 21.8 Å². The smallest absolute Gasteiger partial charge is 0.251 e. The standard InChI is InChI=1S/C22H33N5O5S/c1-17(28)26-12-14-27(15-13-26)33(31,32)20-7-5-18(6-8-20)22(30)24-9-3-11-25-10-2-4-19(16-25)21(23)29/h5-8,19H,2-4,9-16H2,1H3,(H2,23,29)(H,24,30). The van der Waals surface area contributed by atoms with Crippen LogP contribution in [0.15, 0.2) is 29.2 Å². The largest absolute Gasteiger partial charge is 0.369 e. The highest BCUT2D eigenvalue weighted by Crippen LogP contribution is 2.19. The molecule has 2 saturated heterocycles. The van der Waals surface area contributed by atoms with E-state index >= 15 is 0 Å². The van der Waals surface area contributed by atoms with Crippen molar-refractivity contribution in [2.75, 3.05) is 52.4 Å². The van der Waals surface area contributed by atoms with Crippen LogP contribution in [0.1, 0.15) is 36.5 Å². The molecule has 0 radical (unpaired) electrons. The summed E-state index contributed by atoms with van der Waals surface area (Å²) in [5, 5.41) is 2.85. The predicted molar refractivity (Wildman–Crippen MR) is 123 cm³/mol. The third kappa shape index (κ3) is 6.52. The molecule has 1 atom stereocenters. The molecule has 3 amide bonds. The first kappa shape index (κ1) is 25.1. The molecule has 33 heavy (non-hydrogen) atoms. The first-order valence-corrected chi connectivity index (χ1v) is 12.8. The lowest BCUT2D eigenvalue weighted by Crippen LogP contribution is -2.49. The maximum Gasteiger partial charge on any atom is 0.251 e. The number of rotatable bonds is 8. The second-order valence-corrected chi connectivity index (χ2v) is 10.5. The van der Waals surface area contributed by atoms with E-state index in [1.165, 1.54) is 35.5 Å². The molecule has 0 bridgehead atoms. The number of nitrogens with one attached hydrogen (secondary N) is 1. The Balaban J connectivity index is 1.46. The van der Waals surface area contributed by atoms with Gasteiger partial charge in [-0.3, -0.25) is 14.4 Å². The molecule has 3 rings (SSSR count). The number of nitrogens with two attached hydrogens (primary N) is 1. The van der Waals surface area contributed by atoms with Gasteiger partial charge in [0.05, 0.1) is 10.8 Å². The first-order chi connectivity index (χ1) is 15.7. The van der Waals surface area contributed by atoms with Crippen LogP contribution in [-0.2, 0) is 19.6 Å². The number of sulfonamides is 1. The SMILES string of the molecule is CC(=O)N1CCN(S(=O)(=O)c2ccc(C(=O)NCCCN3CCCC(C(N)=O)C3)cc2)CC1. The average molecular weight is 480 g/mol. The fourth-order valence-electron chi connectivity index (χ4n) is 4.27. The summed E-state index contributed by atoms with van der Waals surface area (Å²) in [5.41, 5.74) is 5.80. The van der Waals surface area contributed by atoms with Crippen LogP contribution >= 0.6 is 0 Å². The summed E-state index contributed by atoms with van der Waals surface area (Å²) in [6.07, 6.45) is 2.53. The molecule has 0 aromatic heterocycles. The summed E-state index contributed by atoms with van der Waals surface area (Å²) < 4.78 is 27.1. The van der Waals surface area contributed by atoms with Crippen LogP contribution in [0.3, 0.4) is 0 Å². The van der Waals surface area contributed by atoms with Crippen molar-refractivity contribution in [3.8, 4) is 0 Å². The van der Waals surface area contributed by atoms with Crippen molar-refractivity contribution >= 4 is 27.7 Å². The number of likely N-dealkylation sites (tertiary alicyclic amines) is 1. The molecule has 11 heteroatoms. The summed E-state index contributed by atoms with van der Waals surface area (Å²) in [7, 11) is -3.67. The number of hydrogen-bond acceptors (Lipinski definition) is 6. The normalized spacial score (nSPS) is 20.4. The van der Waals surface area contributed by atoms with Gasteiger partial charge in [-0.2, -0.15) is 4.31 Å². The van der Waals surface area contributed by atoms with E-state index < -0.39 is 10.0 Å². The molecule has 2 aliphatic heterocycles. The molecule has 0 saturated carbocycles. The van der Waals surface area contributed by atoms with Crippen molar-refractivity contribution in [1.29, 1.82) is 0 Å². The highest BCUT2D eigenvalue weighted by Gasteiger charge is 2.29. The molecule has 2 aliphatic rings. The van der Waals surface area contributed by atoms with Gasteiger partial charge >= 0.3 is 0 Å². The van der Waals surface area contributed by atoms with Gasteiger partial charge in [0.15, 0.2) is 0 Å². The number of amides is 3. The Morgan fingerprint density at radius 1 is 1.06 bits per heavy atom. The van der Waals surface area contributed by atoms with Crippen LogP contribution in [0.5, 0.6) is 0 Å². The van der Waals surface area contributed by atoms with Crippen LogP contribution in [0.4, 0.5) is 0 Å². The molecular formula is C22H33N5O5S. The quantitative estimate of drug-likeness (QED) is 0.499. The van der Waals surface area contributed by atoms with Gasteiger partial charge in [0.25, 0.3) is 5.91 Å². The third-order valence-electron chi connectivity index (χ3n) is 6.28. The average Bonchev–Trinajstić information content (AvgIpc) is 2.82. The van der Waals surface area contributed by atoms with Crippen LogP contribution in [0.25, 0.3) is 0 Å². The number of piperazine rings is 1.